The molecular formula is C15H26ClNO. The molecule has 0 radical (unpaired) electrons. The highest BCUT2D eigenvalue weighted by atomic mass is 35.5. The van der Waals surface area contributed by atoms with Crippen LogP contribution in [0.25, 0.3) is 0 Å². The van der Waals surface area contributed by atoms with E-state index < -0.39 is 0 Å². The Hall–Kier alpha value is -0.240. The maximum Gasteiger partial charge on any atom is 0.240 e. The summed E-state index contributed by atoms with van der Waals surface area (Å²) in [6.07, 6.45) is 9.63. The fraction of sp³-hybridized carbons (Fsp3) is 0.933. The number of halogens is 1. The third kappa shape index (κ3) is 3.63. The molecule has 0 aromatic heterocycles. The van der Waals surface area contributed by atoms with E-state index in [9.17, 15) is 4.79 Å². The zero-order valence-corrected chi connectivity index (χ0v) is 12.3. The van der Waals surface area contributed by atoms with Crippen LogP contribution in [0, 0.1) is 11.8 Å². The van der Waals surface area contributed by atoms with E-state index in [4.69, 9.17) is 11.6 Å². The summed E-state index contributed by atoms with van der Waals surface area (Å²) in [5, 5.41) is -0.272. The second-order valence-corrected chi connectivity index (χ2v) is 6.64. The van der Waals surface area contributed by atoms with Gasteiger partial charge >= 0.3 is 0 Å². The standard InChI is InChI=1S/C15H26ClNO/c1-12-7-6-8-13(11-12)14(16)15(18)17-9-4-2-3-5-10-17/h12-14H,2-11H2,1H3. The first-order valence-electron chi connectivity index (χ1n) is 7.61. The predicted octanol–water partition coefficient (Wildman–Crippen LogP) is 3.82. The SMILES string of the molecule is CC1CCCC(C(Cl)C(=O)N2CCCCCC2)C1. The van der Waals surface area contributed by atoms with Crippen molar-refractivity contribution in [2.24, 2.45) is 11.8 Å². The van der Waals surface area contributed by atoms with Crippen LogP contribution in [0.3, 0.4) is 0 Å². The van der Waals surface area contributed by atoms with Gasteiger partial charge < -0.3 is 4.90 Å². The summed E-state index contributed by atoms with van der Waals surface area (Å²) in [7, 11) is 0. The number of alkyl halides is 1. The number of carbonyl (C=O) groups excluding carboxylic acids is 1. The van der Waals surface area contributed by atoms with Gasteiger partial charge in [0.15, 0.2) is 0 Å². The summed E-state index contributed by atoms with van der Waals surface area (Å²) in [6.45, 7) is 4.13. The molecule has 2 rings (SSSR count). The van der Waals surface area contributed by atoms with Gasteiger partial charge in [-0.15, -0.1) is 11.6 Å². The molecule has 2 nitrogen and oxygen atoms in total. The number of amides is 1. The zero-order chi connectivity index (χ0) is 13.0. The highest BCUT2D eigenvalue weighted by Crippen LogP contribution is 2.33. The topological polar surface area (TPSA) is 20.3 Å². The van der Waals surface area contributed by atoms with Gasteiger partial charge in [0.2, 0.25) is 5.91 Å². The molecule has 1 saturated heterocycles. The van der Waals surface area contributed by atoms with Gasteiger partial charge in [0.05, 0.1) is 0 Å². The van der Waals surface area contributed by atoms with Gasteiger partial charge in [-0.25, -0.2) is 0 Å². The Bertz CT molecular complexity index is 274. The van der Waals surface area contributed by atoms with Crippen molar-refractivity contribution in [2.45, 2.75) is 63.7 Å². The molecule has 1 saturated carbocycles. The molecule has 3 heteroatoms. The molecule has 3 atom stereocenters. The average Bonchev–Trinajstić information content (AvgIpc) is 2.66. The number of carbonyl (C=O) groups is 1. The first-order valence-corrected chi connectivity index (χ1v) is 8.05. The third-order valence-electron chi connectivity index (χ3n) is 4.54. The van der Waals surface area contributed by atoms with E-state index in [1.54, 1.807) is 0 Å². The van der Waals surface area contributed by atoms with E-state index in [-0.39, 0.29) is 11.3 Å². The van der Waals surface area contributed by atoms with E-state index in [1.165, 1.54) is 25.7 Å². The van der Waals surface area contributed by atoms with Gasteiger partial charge in [-0.05, 0) is 37.5 Å². The molecule has 104 valence electrons. The van der Waals surface area contributed by atoms with E-state index >= 15 is 0 Å². The monoisotopic (exact) mass is 271 g/mol. The summed E-state index contributed by atoms with van der Waals surface area (Å²) in [5.74, 6) is 1.35. The minimum atomic E-state index is -0.272. The molecule has 2 fully saturated rings. The largest absolute Gasteiger partial charge is 0.341 e. The number of hydrogen-bond donors (Lipinski definition) is 0. The zero-order valence-electron chi connectivity index (χ0n) is 11.5. The third-order valence-corrected chi connectivity index (χ3v) is 5.09. The normalized spacial score (nSPS) is 31.8. The highest BCUT2D eigenvalue weighted by Gasteiger charge is 2.32. The second kappa shape index (κ2) is 6.79. The van der Waals surface area contributed by atoms with Crippen molar-refractivity contribution < 1.29 is 4.79 Å². The van der Waals surface area contributed by atoms with Crippen LogP contribution in [0.1, 0.15) is 58.3 Å². The summed E-state index contributed by atoms with van der Waals surface area (Å²) in [5.41, 5.74) is 0. The molecule has 18 heavy (non-hydrogen) atoms. The predicted molar refractivity (Wildman–Crippen MR) is 75.8 cm³/mol. The smallest absolute Gasteiger partial charge is 0.240 e. The quantitative estimate of drug-likeness (QED) is 0.699. The maximum atomic E-state index is 12.5. The van der Waals surface area contributed by atoms with E-state index in [2.05, 4.69) is 6.92 Å². The van der Waals surface area contributed by atoms with Gasteiger partial charge in [-0.1, -0.05) is 32.6 Å². The van der Waals surface area contributed by atoms with Gasteiger partial charge in [-0.3, -0.25) is 4.79 Å². The lowest BCUT2D eigenvalue weighted by atomic mass is 9.80. The van der Waals surface area contributed by atoms with Crippen LogP contribution in [0.2, 0.25) is 0 Å². The van der Waals surface area contributed by atoms with Crippen molar-refractivity contribution >= 4 is 17.5 Å². The van der Waals surface area contributed by atoms with Crippen LogP contribution in [-0.4, -0.2) is 29.3 Å². The first kappa shape index (κ1) is 14.2. The van der Waals surface area contributed by atoms with Gasteiger partial charge in [0.1, 0.15) is 5.38 Å². The molecule has 0 aromatic carbocycles. The van der Waals surface area contributed by atoms with Crippen LogP contribution >= 0.6 is 11.6 Å². The van der Waals surface area contributed by atoms with Crippen LogP contribution in [0.5, 0.6) is 0 Å². The van der Waals surface area contributed by atoms with Crippen molar-refractivity contribution in [3.8, 4) is 0 Å². The van der Waals surface area contributed by atoms with Crippen molar-refractivity contribution in [1.29, 1.82) is 0 Å². The first-order chi connectivity index (χ1) is 8.68. The van der Waals surface area contributed by atoms with E-state index in [0.717, 1.165) is 44.7 Å². The van der Waals surface area contributed by atoms with Gasteiger partial charge in [0, 0.05) is 13.1 Å². The fourth-order valence-electron chi connectivity index (χ4n) is 3.41. The lowest BCUT2D eigenvalue weighted by Crippen LogP contribution is -2.41. The molecule has 0 N–H and O–H groups in total. The summed E-state index contributed by atoms with van der Waals surface area (Å²) >= 11 is 6.47. The molecule has 1 aliphatic heterocycles. The molecule has 0 spiro atoms. The Labute approximate surface area is 116 Å². The Balaban J connectivity index is 1.90. The van der Waals surface area contributed by atoms with Crippen LogP contribution in [-0.2, 0) is 4.79 Å². The second-order valence-electron chi connectivity index (χ2n) is 6.17. The Kier molecular flexibility index (Phi) is 5.35. The van der Waals surface area contributed by atoms with Crippen molar-refractivity contribution in [3.05, 3.63) is 0 Å². The minimum Gasteiger partial charge on any atom is -0.341 e. The molecule has 0 bridgehead atoms. The summed E-state index contributed by atoms with van der Waals surface area (Å²) < 4.78 is 0. The molecule has 1 heterocycles. The number of nitrogens with zero attached hydrogens (tertiary/aromatic N) is 1. The summed E-state index contributed by atoms with van der Waals surface area (Å²) in [4.78, 5) is 14.5. The van der Waals surface area contributed by atoms with Crippen LogP contribution in [0.4, 0.5) is 0 Å². The van der Waals surface area contributed by atoms with Gasteiger partial charge in [-0.2, -0.15) is 0 Å². The molecule has 1 aliphatic carbocycles. The van der Waals surface area contributed by atoms with Crippen molar-refractivity contribution in [2.75, 3.05) is 13.1 Å². The van der Waals surface area contributed by atoms with Crippen LogP contribution < -0.4 is 0 Å². The molecule has 0 aromatic rings. The highest BCUT2D eigenvalue weighted by molar-refractivity contribution is 6.30. The Morgan fingerprint density at radius 1 is 1.11 bits per heavy atom. The Morgan fingerprint density at radius 3 is 2.39 bits per heavy atom. The molecule has 1 amide bonds. The molecular weight excluding hydrogens is 246 g/mol. The molecule has 3 unspecified atom stereocenters. The van der Waals surface area contributed by atoms with Gasteiger partial charge in [0.25, 0.3) is 0 Å². The number of rotatable bonds is 2. The molecule has 2 aliphatic rings. The van der Waals surface area contributed by atoms with E-state index in [1.807, 2.05) is 4.90 Å². The summed E-state index contributed by atoms with van der Waals surface area (Å²) in [6, 6.07) is 0. The lowest BCUT2D eigenvalue weighted by molar-refractivity contribution is -0.132. The fourth-order valence-corrected chi connectivity index (χ4v) is 3.78. The minimum absolute atomic E-state index is 0.206. The van der Waals surface area contributed by atoms with E-state index in [0.29, 0.717) is 5.92 Å². The van der Waals surface area contributed by atoms with Crippen LogP contribution in [0.15, 0.2) is 0 Å². The van der Waals surface area contributed by atoms with Crippen molar-refractivity contribution in [1.82, 2.24) is 4.90 Å². The number of likely N-dealkylation sites (tertiary alicyclic amines) is 1. The lowest BCUT2D eigenvalue weighted by Gasteiger charge is -2.32. The van der Waals surface area contributed by atoms with Crippen molar-refractivity contribution in [3.63, 3.8) is 0 Å². The Morgan fingerprint density at radius 2 is 1.78 bits per heavy atom. The average molecular weight is 272 g/mol. The number of hydrogen-bond acceptors (Lipinski definition) is 1. The maximum absolute atomic E-state index is 12.5.